The van der Waals surface area contributed by atoms with E-state index in [4.69, 9.17) is 9.72 Å². The minimum atomic E-state index is 0.126. The molecule has 2 heterocycles. The molecule has 1 aliphatic carbocycles. The highest BCUT2D eigenvalue weighted by atomic mass is 16.5. The lowest BCUT2D eigenvalue weighted by atomic mass is 9.70. The Morgan fingerprint density at radius 1 is 0.897 bits per heavy atom. The van der Waals surface area contributed by atoms with Crippen molar-refractivity contribution in [2.24, 2.45) is 10.8 Å². The van der Waals surface area contributed by atoms with Gasteiger partial charge in [0.1, 0.15) is 11.5 Å². The zero-order chi connectivity index (χ0) is 27.1. The van der Waals surface area contributed by atoms with Crippen LogP contribution >= 0.6 is 0 Å². The third-order valence-corrected chi connectivity index (χ3v) is 9.21. The van der Waals surface area contributed by atoms with E-state index in [-0.39, 0.29) is 5.41 Å². The van der Waals surface area contributed by atoms with Gasteiger partial charge in [0.25, 0.3) is 0 Å². The first-order chi connectivity index (χ1) is 18.6. The van der Waals surface area contributed by atoms with Crippen molar-refractivity contribution in [3.05, 3.63) is 77.5 Å². The number of nitrogens with zero attached hydrogens (tertiary/aromatic N) is 1. The topological polar surface area (TPSA) is 22.1 Å². The number of hydrogen-bond acceptors (Lipinski definition) is 2. The quantitative estimate of drug-likeness (QED) is 0.215. The maximum atomic E-state index is 7.01. The molecule has 0 amide bonds. The van der Waals surface area contributed by atoms with Crippen LogP contribution < -0.4 is 4.74 Å². The van der Waals surface area contributed by atoms with Gasteiger partial charge in [0.15, 0.2) is 0 Å². The van der Waals surface area contributed by atoms with Gasteiger partial charge in [-0.1, -0.05) is 76.6 Å². The van der Waals surface area contributed by atoms with Gasteiger partial charge in [-0.25, -0.2) is 0 Å². The number of hydrogen-bond donors (Lipinski definition) is 0. The van der Waals surface area contributed by atoms with Crippen LogP contribution in [0.4, 0.5) is 0 Å². The van der Waals surface area contributed by atoms with Gasteiger partial charge in [-0.05, 0) is 106 Å². The van der Waals surface area contributed by atoms with E-state index in [9.17, 15) is 0 Å². The van der Waals surface area contributed by atoms with Crippen LogP contribution in [0.2, 0.25) is 0 Å². The fourth-order valence-corrected chi connectivity index (χ4v) is 7.16. The summed E-state index contributed by atoms with van der Waals surface area (Å²) in [6, 6.07) is 20.5. The van der Waals surface area contributed by atoms with Crippen molar-refractivity contribution in [1.82, 2.24) is 4.98 Å². The second-order valence-corrected chi connectivity index (χ2v) is 14.1. The van der Waals surface area contributed by atoms with E-state index in [1.165, 1.54) is 69.3 Å². The normalized spacial score (nSPS) is 17.0. The molecule has 5 aromatic rings. The molecule has 1 fully saturated rings. The Hall–Kier alpha value is -3.39. The Morgan fingerprint density at radius 3 is 2.46 bits per heavy atom. The minimum Gasteiger partial charge on any atom is -0.456 e. The fourth-order valence-electron chi connectivity index (χ4n) is 7.16. The molecule has 0 radical (unpaired) electrons. The van der Waals surface area contributed by atoms with Crippen molar-refractivity contribution in [1.29, 1.82) is 0 Å². The summed E-state index contributed by atoms with van der Waals surface area (Å²) >= 11 is 0. The molecule has 1 saturated carbocycles. The summed E-state index contributed by atoms with van der Waals surface area (Å²) in [5.41, 5.74) is 6.81. The summed E-state index contributed by atoms with van der Waals surface area (Å²) in [5.74, 6) is 2.55. The smallest absolute Gasteiger partial charge is 0.140 e. The van der Waals surface area contributed by atoms with Gasteiger partial charge in [-0.3, -0.25) is 4.98 Å². The lowest BCUT2D eigenvalue weighted by Gasteiger charge is -2.35. The molecule has 1 aliphatic heterocycles. The van der Waals surface area contributed by atoms with E-state index in [1.807, 2.05) is 6.20 Å². The summed E-state index contributed by atoms with van der Waals surface area (Å²) in [6.45, 7) is 14.0. The first kappa shape index (κ1) is 24.6. The highest BCUT2D eigenvalue weighted by molar-refractivity contribution is 6.17. The molecule has 0 N–H and O–H groups in total. The second kappa shape index (κ2) is 8.55. The van der Waals surface area contributed by atoms with Crippen LogP contribution in [0.3, 0.4) is 0 Å². The third kappa shape index (κ3) is 4.11. The Balaban J connectivity index is 1.49. The minimum absolute atomic E-state index is 0.126. The van der Waals surface area contributed by atoms with Gasteiger partial charge in [0, 0.05) is 17.3 Å². The van der Waals surface area contributed by atoms with Gasteiger partial charge in [0.2, 0.25) is 0 Å². The van der Waals surface area contributed by atoms with Crippen LogP contribution in [-0.4, -0.2) is 4.98 Å². The molecule has 2 heteroatoms. The van der Waals surface area contributed by atoms with Gasteiger partial charge in [0.05, 0.1) is 11.1 Å². The van der Waals surface area contributed by atoms with Crippen LogP contribution in [-0.2, 0) is 6.42 Å². The molecule has 0 atom stereocenters. The molecule has 0 unspecified atom stereocenters. The monoisotopic (exact) mass is 513 g/mol. The second-order valence-electron chi connectivity index (χ2n) is 14.1. The summed E-state index contributed by atoms with van der Waals surface area (Å²) < 4.78 is 7.01. The Labute approximate surface area is 232 Å². The van der Waals surface area contributed by atoms with Crippen LogP contribution in [0.1, 0.15) is 82.9 Å². The van der Waals surface area contributed by atoms with Crippen LogP contribution in [0.25, 0.3) is 43.6 Å². The van der Waals surface area contributed by atoms with Crippen molar-refractivity contribution in [3.63, 3.8) is 0 Å². The number of ether oxygens (including phenoxy) is 1. The van der Waals surface area contributed by atoms with E-state index >= 15 is 0 Å². The van der Waals surface area contributed by atoms with E-state index in [1.54, 1.807) is 0 Å². The van der Waals surface area contributed by atoms with Crippen LogP contribution in [0.15, 0.2) is 60.8 Å². The lowest BCUT2D eigenvalue weighted by molar-refractivity contribution is 0.225. The summed E-state index contributed by atoms with van der Waals surface area (Å²) in [6.07, 6.45) is 8.02. The molecule has 7 rings (SSSR count). The summed E-state index contributed by atoms with van der Waals surface area (Å²) in [7, 11) is 0. The van der Waals surface area contributed by atoms with Crippen molar-refractivity contribution in [2.45, 2.75) is 79.6 Å². The maximum absolute atomic E-state index is 7.01. The molecule has 198 valence electrons. The Kier molecular flexibility index (Phi) is 5.40. The van der Waals surface area contributed by atoms with Crippen molar-refractivity contribution in [2.75, 3.05) is 0 Å². The predicted octanol–water partition coefficient (Wildman–Crippen LogP) is 10.9. The highest BCUT2D eigenvalue weighted by Crippen LogP contribution is 2.53. The largest absolute Gasteiger partial charge is 0.456 e. The Morgan fingerprint density at radius 2 is 1.69 bits per heavy atom. The first-order valence-electron chi connectivity index (χ1n) is 14.7. The lowest BCUT2D eigenvalue weighted by Crippen LogP contribution is -2.20. The first-order valence-corrected chi connectivity index (χ1v) is 14.7. The number of rotatable bonds is 2. The third-order valence-electron chi connectivity index (χ3n) is 9.21. The van der Waals surface area contributed by atoms with Crippen molar-refractivity contribution in [3.8, 4) is 22.8 Å². The number of aryl methyl sites for hydroxylation is 1. The summed E-state index contributed by atoms with van der Waals surface area (Å²) in [5, 5.41) is 7.61. The molecule has 2 nitrogen and oxygen atoms in total. The standard InChI is InChI=1S/C37H39NO/c1-22-10-11-26-24(18-22)19-30-34-33-28(14-17-38-34)27-9-7-8-25(23-12-15-37(5,6)16-13-23)29(27)20-32(33)39-35(30)31(26)21-36(2,3)4/h7-11,14,17-20,23H,12-13,15-16,21H2,1-6H3. The number of aromatic nitrogens is 1. The molecule has 0 spiro atoms. The number of fused-ring (bicyclic) bond motifs is 5. The van der Waals surface area contributed by atoms with E-state index in [0.29, 0.717) is 11.3 Å². The maximum Gasteiger partial charge on any atom is 0.140 e. The van der Waals surface area contributed by atoms with Gasteiger partial charge >= 0.3 is 0 Å². The molecule has 1 aromatic heterocycles. The molecule has 0 saturated heterocycles. The van der Waals surface area contributed by atoms with Crippen LogP contribution in [0.5, 0.6) is 11.5 Å². The highest BCUT2D eigenvalue weighted by Gasteiger charge is 2.31. The zero-order valence-corrected chi connectivity index (χ0v) is 24.2. The average molecular weight is 514 g/mol. The zero-order valence-electron chi connectivity index (χ0n) is 24.2. The number of pyridine rings is 1. The van der Waals surface area contributed by atoms with Gasteiger partial charge in [-0.15, -0.1) is 0 Å². The van der Waals surface area contributed by atoms with Crippen LogP contribution in [0, 0.1) is 17.8 Å². The predicted molar refractivity (Wildman–Crippen MR) is 165 cm³/mol. The van der Waals surface area contributed by atoms with E-state index in [0.717, 1.165) is 34.6 Å². The van der Waals surface area contributed by atoms with Gasteiger partial charge < -0.3 is 4.74 Å². The Bertz CT molecular complexity index is 1780. The molecular formula is C37H39NO. The average Bonchev–Trinajstić information content (AvgIpc) is 2.88. The SMILES string of the molecule is Cc1ccc2c(CC(C)(C)C)c3c(cc2c1)-c1nccc2c1c(cc1c(C4CCC(C)(C)CC4)cccc12)O3. The fraction of sp³-hybridized carbons (Fsp3) is 0.378. The van der Waals surface area contributed by atoms with E-state index < -0.39 is 0 Å². The van der Waals surface area contributed by atoms with Crippen molar-refractivity contribution >= 4 is 32.3 Å². The molecular weight excluding hydrogens is 474 g/mol. The number of benzene rings is 4. The molecule has 4 aromatic carbocycles. The molecule has 39 heavy (non-hydrogen) atoms. The molecule has 2 aliphatic rings. The van der Waals surface area contributed by atoms with Crippen molar-refractivity contribution < 1.29 is 4.74 Å². The van der Waals surface area contributed by atoms with E-state index in [2.05, 4.69) is 96.1 Å². The molecule has 0 bridgehead atoms. The summed E-state index contributed by atoms with van der Waals surface area (Å²) in [4.78, 5) is 5.00. The van der Waals surface area contributed by atoms with Gasteiger partial charge in [-0.2, -0.15) is 0 Å².